The fourth-order valence-corrected chi connectivity index (χ4v) is 2.22. The first-order valence-corrected chi connectivity index (χ1v) is 6.91. The molecule has 1 aliphatic rings. The topological polar surface area (TPSA) is 53.3 Å². The number of piperidine rings is 1. The van der Waals surface area contributed by atoms with Crippen LogP contribution in [-0.2, 0) is 4.79 Å². The smallest absolute Gasteiger partial charge is 0.260 e. The minimum Gasteiger partial charge on any atom is -0.484 e. The second-order valence-corrected chi connectivity index (χ2v) is 5.97. The van der Waals surface area contributed by atoms with Gasteiger partial charge in [-0.3, -0.25) is 4.79 Å². The molecule has 0 aliphatic carbocycles. The van der Waals surface area contributed by atoms with Gasteiger partial charge in [0.15, 0.2) is 6.61 Å². The third kappa shape index (κ3) is 3.74. The molecule has 1 aliphatic heterocycles. The van der Waals surface area contributed by atoms with Crippen molar-refractivity contribution < 1.29 is 9.53 Å². The summed E-state index contributed by atoms with van der Waals surface area (Å²) < 4.78 is 5.47. The molecule has 4 heteroatoms. The van der Waals surface area contributed by atoms with Gasteiger partial charge in [-0.05, 0) is 42.5 Å². The van der Waals surface area contributed by atoms with Crippen molar-refractivity contribution in [1.29, 1.82) is 5.26 Å². The van der Waals surface area contributed by atoms with Gasteiger partial charge in [0.25, 0.3) is 5.91 Å². The molecular weight excluding hydrogens is 252 g/mol. The molecule has 0 bridgehead atoms. The second-order valence-electron chi connectivity index (χ2n) is 5.97. The zero-order valence-corrected chi connectivity index (χ0v) is 12.1. The number of amides is 1. The molecule has 20 heavy (non-hydrogen) atoms. The Morgan fingerprint density at radius 1 is 1.30 bits per heavy atom. The fourth-order valence-electron chi connectivity index (χ4n) is 2.22. The summed E-state index contributed by atoms with van der Waals surface area (Å²) in [5.41, 5.74) is 0.923. The summed E-state index contributed by atoms with van der Waals surface area (Å²) in [7, 11) is 0. The molecule has 1 amide bonds. The molecule has 0 radical (unpaired) electrons. The van der Waals surface area contributed by atoms with Crippen molar-refractivity contribution in [3.05, 3.63) is 29.8 Å². The molecule has 106 valence electrons. The Hall–Kier alpha value is -2.02. The Bertz CT molecular complexity index is 504. The van der Waals surface area contributed by atoms with Crippen molar-refractivity contribution in [2.75, 3.05) is 19.7 Å². The molecule has 0 atom stereocenters. The van der Waals surface area contributed by atoms with Crippen LogP contribution in [0.2, 0.25) is 0 Å². The van der Waals surface area contributed by atoms with E-state index >= 15 is 0 Å². The Kier molecular flexibility index (Phi) is 4.29. The highest BCUT2D eigenvalue weighted by Crippen LogP contribution is 2.29. The van der Waals surface area contributed by atoms with Crippen LogP contribution >= 0.6 is 0 Å². The number of nitriles is 1. The van der Waals surface area contributed by atoms with Crippen molar-refractivity contribution in [2.45, 2.75) is 26.7 Å². The Morgan fingerprint density at radius 2 is 1.90 bits per heavy atom. The Balaban J connectivity index is 1.82. The van der Waals surface area contributed by atoms with E-state index in [0.717, 1.165) is 25.9 Å². The first-order chi connectivity index (χ1) is 9.50. The third-order valence-corrected chi connectivity index (χ3v) is 3.82. The second kappa shape index (κ2) is 5.96. The highest BCUT2D eigenvalue weighted by molar-refractivity contribution is 5.77. The molecule has 0 unspecified atom stereocenters. The van der Waals surface area contributed by atoms with Crippen LogP contribution < -0.4 is 4.74 Å². The van der Waals surface area contributed by atoms with Crippen LogP contribution in [-0.4, -0.2) is 30.5 Å². The maximum Gasteiger partial charge on any atom is 0.260 e. The van der Waals surface area contributed by atoms with E-state index in [9.17, 15) is 4.79 Å². The van der Waals surface area contributed by atoms with Crippen molar-refractivity contribution >= 4 is 5.91 Å². The molecule has 2 rings (SSSR count). The normalized spacial score (nSPS) is 17.4. The van der Waals surface area contributed by atoms with Crippen LogP contribution in [0.15, 0.2) is 24.3 Å². The van der Waals surface area contributed by atoms with Crippen LogP contribution in [0.25, 0.3) is 0 Å². The van der Waals surface area contributed by atoms with Crippen molar-refractivity contribution in [2.24, 2.45) is 5.41 Å². The lowest BCUT2D eigenvalue weighted by Gasteiger charge is -2.36. The summed E-state index contributed by atoms with van der Waals surface area (Å²) in [6.07, 6.45) is 2.07. The number of rotatable bonds is 3. The molecule has 0 N–H and O–H groups in total. The van der Waals surface area contributed by atoms with E-state index in [1.807, 2.05) is 11.0 Å². The average molecular weight is 272 g/mol. The number of carbonyl (C=O) groups is 1. The number of likely N-dealkylation sites (tertiary alicyclic amines) is 1. The van der Waals surface area contributed by atoms with Gasteiger partial charge in [-0.1, -0.05) is 13.8 Å². The van der Waals surface area contributed by atoms with Crippen LogP contribution in [0.4, 0.5) is 0 Å². The van der Waals surface area contributed by atoms with E-state index in [1.54, 1.807) is 24.3 Å². The Morgan fingerprint density at radius 3 is 2.45 bits per heavy atom. The first-order valence-electron chi connectivity index (χ1n) is 6.91. The zero-order valence-electron chi connectivity index (χ0n) is 12.1. The lowest BCUT2D eigenvalue weighted by Crippen LogP contribution is -2.43. The zero-order chi connectivity index (χ0) is 14.6. The highest BCUT2D eigenvalue weighted by Gasteiger charge is 2.27. The summed E-state index contributed by atoms with van der Waals surface area (Å²) in [5.74, 6) is 0.652. The highest BCUT2D eigenvalue weighted by atomic mass is 16.5. The van der Waals surface area contributed by atoms with Gasteiger partial charge in [0.05, 0.1) is 11.6 Å². The van der Waals surface area contributed by atoms with Crippen LogP contribution in [0.1, 0.15) is 32.3 Å². The molecule has 1 aromatic carbocycles. The molecule has 0 spiro atoms. The molecule has 4 nitrogen and oxygen atoms in total. The first kappa shape index (κ1) is 14.4. The molecule has 0 saturated carbocycles. The van der Waals surface area contributed by atoms with Gasteiger partial charge in [0, 0.05) is 13.1 Å². The number of carbonyl (C=O) groups excluding carboxylic acids is 1. The van der Waals surface area contributed by atoms with Crippen LogP contribution in [0, 0.1) is 16.7 Å². The summed E-state index contributed by atoms with van der Waals surface area (Å²) in [4.78, 5) is 13.9. The largest absolute Gasteiger partial charge is 0.484 e. The lowest BCUT2D eigenvalue weighted by atomic mass is 9.83. The number of hydrogen-bond acceptors (Lipinski definition) is 3. The maximum absolute atomic E-state index is 12.1. The fraction of sp³-hybridized carbons (Fsp3) is 0.500. The van der Waals surface area contributed by atoms with Crippen molar-refractivity contribution in [3.8, 4) is 11.8 Å². The number of benzene rings is 1. The summed E-state index contributed by atoms with van der Waals surface area (Å²) in [6, 6.07) is 8.84. The standard InChI is InChI=1S/C16H20N2O2/c1-16(2)7-9-18(10-8-16)15(19)12-20-14-5-3-13(11-17)4-6-14/h3-6H,7-10,12H2,1-2H3. The molecular formula is C16H20N2O2. The van der Waals surface area contributed by atoms with Gasteiger partial charge in [0.2, 0.25) is 0 Å². The molecule has 1 saturated heterocycles. The average Bonchev–Trinajstić information content (AvgIpc) is 2.45. The summed E-state index contributed by atoms with van der Waals surface area (Å²) >= 11 is 0. The lowest BCUT2D eigenvalue weighted by molar-refractivity contribution is -0.135. The van der Waals surface area contributed by atoms with E-state index in [2.05, 4.69) is 13.8 Å². The van der Waals surface area contributed by atoms with E-state index in [4.69, 9.17) is 10.00 Å². The maximum atomic E-state index is 12.1. The van der Waals surface area contributed by atoms with Gasteiger partial charge in [-0.25, -0.2) is 0 Å². The minimum atomic E-state index is 0.0323. The molecule has 1 heterocycles. The van der Waals surface area contributed by atoms with Crippen molar-refractivity contribution in [3.63, 3.8) is 0 Å². The van der Waals surface area contributed by atoms with Gasteiger partial charge < -0.3 is 9.64 Å². The van der Waals surface area contributed by atoms with E-state index in [1.165, 1.54) is 0 Å². The van der Waals surface area contributed by atoms with E-state index in [0.29, 0.717) is 16.7 Å². The molecule has 1 fully saturated rings. The van der Waals surface area contributed by atoms with Crippen LogP contribution in [0.5, 0.6) is 5.75 Å². The van der Waals surface area contributed by atoms with E-state index < -0.39 is 0 Å². The SMILES string of the molecule is CC1(C)CCN(C(=O)COc2ccc(C#N)cc2)CC1. The van der Waals surface area contributed by atoms with Gasteiger partial charge >= 0.3 is 0 Å². The Labute approximate surface area is 120 Å². The third-order valence-electron chi connectivity index (χ3n) is 3.82. The van der Waals surface area contributed by atoms with Gasteiger partial charge in [-0.15, -0.1) is 0 Å². The van der Waals surface area contributed by atoms with Crippen molar-refractivity contribution in [1.82, 2.24) is 4.90 Å². The molecule has 0 aromatic heterocycles. The summed E-state index contributed by atoms with van der Waals surface area (Å²) in [5, 5.41) is 8.71. The predicted octanol–water partition coefficient (Wildman–Crippen LogP) is 2.59. The van der Waals surface area contributed by atoms with Gasteiger partial charge in [0.1, 0.15) is 5.75 Å². The monoisotopic (exact) mass is 272 g/mol. The predicted molar refractivity (Wildman–Crippen MR) is 76.2 cm³/mol. The quantitative estimate of drug-likeness (QED) is 0.849. The molecule has 1 aromatic rings. The minimum absolute atomic E-state index is 0.0323. The van der Waals surface area contributed by atoms with E-state index in [-0.39, 0.29) is 12.5 Å². The number of hydrogen-bond donors (Lipinski definition) is 0. The number of ether oxygens (including phenoxy) is 1. The number of nitrogens with zero attached hydrogens (tertiary/aromatic N) is 2. The summed E-state index contributed by atoms with van der Waals surface area (Å²) in [6.45, 7) is 6.15. The van der Waals surface area contributed by atoms with Crippen LogP contribution in [0.3, 0.4) is 0 Å². The van der Waals surface area contributed by atoms with Gasteiger partial charge in [-0.2, -0.15) is 5.26 Å².